The third kappa shape index (κ3) is 4.11. The van der Waals surface area contributed by atoms with Gasteiger partial charge in [0.05, 0.1) is 48.2 Å². The minimum atomic E-state index is 0.136. The number of anilines is 1. The number of hydrogen-bond donors (Lipinski definition) is 0. The van der Waals surface area contributed by atoms with Gasteiger partial charge in [-0.3, -0.25) is 4.79 Å². The molecule has 5 nitrogen and oxygen atoms in total. The summed E-state index contributed by atoms with van der Waals surface area (Å²) < 4.78 is 11.9. The van der Waals surface area contributed by atoms with Gasteiger partial charge in [-0.05, 0) is 25.0 Å². The molecular weight excluding hydrogens is 360 g/mol. The van der Waals surface area contributed by atoms with Crippen molar-refractivity contribution < 1.29 is 14.3 Å². The minimum Gasteiger partial charge on any atom is -0.496 e. The minimum absolute atomic E-state index is 0.136. The van der Waals surface area contributed by atoms with Gasteiger partial charge in [0.25, 0.3) is 0 Å². The Morgan fingerprint density at radius 1 is 1.26 bits per heavy atom. The Bertz CT molecular complexity index is 745. The smallest absolute Gasteiger partial charge is 0.187 e. The van der Waals surface area contributed by atoms with Crippen LogP contribution in [-0.2, 0) is 4.74 Å². The van der Waals surface area contributed by atoms with E-state index in [2.05, 4.69) is 4.90 Å². The second-order valence-electron chi connectivity index (χ2n) is 6.15. The molecular formula is C21H32N2O3S. The van der Waals surface area contributed by atoms with E-state index >= 15 is 0 Å². The van der Waals surface area contributed by atoms with E-state index in [-0.39, 0.29) is 5.78 Å². The first-order valence-electron chi connectivity index (χ1n) is 10.1. The number of fused-ring (bicyclic) bond motifs is 3. The first-order valence-corrected chi connectivity index (χ1v) is 10.9. The van der Waals surface area contributed by atoms with Gasteiger partial charge in [-0.1, -0.05) is 46.0 Å². The fourth-order valence-electron chi connectivity index (χ4n) is 3.51. The van der Waals surface area contributed by atoms with E-state index in [1.54, 1.807) is 18.4 Å². The Morgan fingerprint density at radius 2 is 1.93 bits per heavy atom. The van der Waals surface area contributed by atoms with Crippen molar-refractivity contribution in [3.63, 3.8) is 0 Å². The van der Waals surface area contributed by atoms with E-state index in [0.29, 0.717) is 29.8 Å². The molecule has 0 aliphatic carbocycles. The monoisotopic (exact) mass is 392 g/mol. The van der Waals surface area contributed by atoms with Crippen LogP contribution in [0, 0.1) is 0 Å². The lowest BCUT2D eigenvalue weighted by molar-refractivity contribution is 0.0103. The number of hydrogen-bond acceptors (Lipinski definition) is 6. The van der Waals surface area contributed by atoms with Crippen LogP contribution in [0.1, 0.15) is 64.2 Å². The van der Waals surface area contributed by atoms with E-state index in [1.165, 1.54) is 6.42 Å². The van der Waals surface area contributed by atoms with Gasteiger partial charge in [0.2, 0.25) is 0 Å². The number of carbonyl (C=O) groups is 1. The van der Waals surface area contributed by atoms with Crippen molar-refractivity contribution in [1.29, 1.82) is 0 Å². The standard InChI is InChI=1S/C17H20N2O3S.2C2H6/c1-3-4-13(20)15-14(21-2)6-5-12-16(15)23-17(18-12)19-10-7-11(19)9-22-8-10;2*1-2/h5-6,10-11H,3-4,7-9H2,1-2H3;2*1-2H3. The molecule has 0 radical (unpaired) electrons. The lowest BCUT2D eigenvalue weighted by atomic mass is 9.92. The van der Waals surface area contributed by atoms with Crippen molar-refractivity contribution in [2.45, 2.75) is 66.0 Å². The Hall–Kier alpha value is -1.66. The molecule has 0 saturated carbocycles. The van der Waals surface area contributed by atoms with Crippen LogP contribution in [-0.4, -0.2) is 43.2 Å². The van der Waals surface area contributed by atoms with E-state index < -0.39 is 0 Å². The van der Waals surface area contributed by atoms with E-state index in [0.717, 1.165) is 35.0 Å². The van der Waals surface area contributed by atoms with Crippen molar-refractivity contribution >= 4 is 32.5 Å². The van der Waals surface area contributed by atoms with Crippen LogP contribution < -0.4 is 9.64 Å². The molecule has 2 atom stereocenters. The highest BCUT2D eigenvalue weighted by molar-refractivity contribution is 7.22. The predicted octanol–water partition coefficient (Wildman–Crippen LogP) is 5.32. The van der Waals surface area contributed by atoms with Crippen molar-refractivity contribution in [2.24, 2.45) is 0 Å². The SMILES string of the molecule is CC.CC.CCCC(=O)c1c(OC)ccc2nc(N3C4COCC3C4)sc12. The number of carbonyl (C=O) groups excluding carboxylic acids is 1. The second-order valence-corrected chi connectivity index (χ2v) is 7.13. The molecule has 2 fully saturated rings. The van der Waals surface area contributed by atoms with Gasteiger partial charge >= 0.3 is 0 Å². The van der Waals surface area contributed by atoms with Gasteiger partial charge in [0, 0.05) is 6.42 Å². The zero-order chi connectivity index (χ0) is 20.0. The zero-order valence-electron chi connectivity index (χ0n) is 17.4. The highest BCUT2D eigenvalue weighted by atomic mass is 32.1. The molecule has 2 aliphatic rings. The molecule has 0 amide bonds. The van der Waals surface area contributed by atoms with Gasteiger partial charge in [0.1, 0.15) is 5.75 Å². The van der Waals surface area contributed by atoms with Crippen molar-refractivity contribution in [3.05, 3.63) is 17.7 Å². The first kappa shape index (κ1) is 21.6. The summed E-state index contributed by atoms with van der Waals surface area (Å²) in [5.74, 6) is 0.788. The van der Waals surface area contributed by atoms with Crippen LogP contribution in [0.25, 0.3) is 10.2 Å². The number of Topliss-reactive ketones (excluding diaryl/α,β-unsaturated/α-hetero) is 1. The van der Waals surface area contributed by atoms with E-state index in [4.69, 9.17) is 14.5 Å². The molecule has 0 N–H and O–H groups in total. The molecule has 4 rings (SSSR count). The Morgan fingerprint density at radius 3 is 2.48 bits per heavy atom. The number of benzene rings is 1. The lowest BCUT2D eigenvalue weighted by Crippen LogP contribution is -2.64. The van der Waals surface area contributed by atoms with Crippen molar-refractivity contribution in [3.8, 4) is 5.75 Å². The van der Waals surface area contributed by atoms with Gasteiger partial charge in [-0.25, -0.2) is 4.98 Å². The van der Waals surface area contributed by atoms with Crippen LogP contribution >= 0.6 is 11.3 Å². The average molecular weight is 393 g/mol. The van der Waals surface area contributed by atoms with E-state index in [9.17, 15) is 4.79 Å². The Balaban J connectivity index is 0.000000614. The molecule has 2 unspecified atom stereocenters. The molecule has 1 aromatic heterocycles. The summed E-state index contributed by atoms with van der Waals surface area (Å²) >= 11 is 1.61. The normalized spacial score (nSPS) is 20.0. The maximum Gasteiger partial charge on any atom is 0.187 e. The predicted molar refractivity (Wildman–Crippen MR) is 114 cm³/mol. The largest absolute Gasteiger partial charge is 0.496 e. The van der Waals surface area contributed by atoms with Crippen LogP contribution in [0.3, 0.4) is 0 Å². The fraction of sp³-hybridized carbons (Fsp3) is 0.619. The Labute approximate surface area is 166 Å². The molecule has 2 bridgehead atoms. The quantitative estimate of drug-likeness (QED) is 0.645. The van der Waals surface area contributed by atoms with Gasteiger partial charge in [-0.15, -0.1) is 0 Å². The van der Waals surface area contributed by atoms with Crippen LogP contribution in [0.5, 0.6) is 5.75 Å². The molecule has 6 heteroatoms. The molecule has 1 aromatic carbocycles. The molecule has 2 aliphatic heterocycles. The fourth-order valence-corrected chi connectivity index (χ4v) is 4.77. The maximum atomic E-state index is 12.6. The number of ketones is 1. The van der Waals surface area contributed by atoms with Crippen LogP contribution in [0.4, 0.5) is 5.13 Å². The number of aromatic nitrogens is 1. The number of morpholine rings is 1. The zero-order valence-corrected chi connectivity index (χ0v) is 18.2. The van der Waals surface area contributed by atoms with Gasteiger partial charge < -0.3 is 14.4 Å². The third-order valence-corrected chi connectivity index (χ3v) is 5.76. The number of rotatable bonds is 5. The summed E-state index contributed by atoms with van der Waals surface area (Å²) in [6, 6.07) is 4.68. The topological polar surface area (TPSA) is 51.7 Å². The number of nitrogens with zero attached hydrogens (tertiary/aromatic N) is 2. The summed E-state index contributed by atoms with van der Waals surface area (Å²) in [4.78, 5) is 19.7. The third-order valence-electron chi connectivity index (χ3n) is 4.66. The van der Waals surface area contributed by atoms with Gasteiger partial charge in [-0.2, -0.15) is 0 Å². The molecule has 2 aromatic rings. The average Bonchev–Trinajstić information content (AvgIpc) is 3.13. The summed E-state index contributed by atoms with van der Waals surface area (Å²) in [5.41, 5.74) is 1.58. The molecule has 150 valence electrons. The van der Waals surface area contributed by atoms with Crippen molar-refractivity contribution in [2.75, 3.05) is 25.2 Å². The Kier molecular flexibility index (Phi) is 8.05. The number of methoxy groups -OCH3 is 1. The first-order chi connectivity index (χ1) is 13.2. The number of ether oxygens (including phenoxy) is 2. The maximum absolute atomic E-state index is 12.6. The van der Waals surface area contributed by atoms with Crippen LogP contribution in [0.2, 0.25) is 0 Å². The molecule has 27 heavy (non-hydrogen) atoms. The van der Waals surface area contributed by atoms with Crippen molar-refractivity contribution in [1.82, 2.24) is 4.98 Å². The molecule has 0 spiro atoms. The lowest BCUT2D eigenvalue weighted by Gasteiger charge is -2.52. The summed E-state index contributed by atoms with van der Waals surface area (Å²) in [5, 5.41) is 1.00. The van der Waals surface area contributed by atoms with E-state index in [1.807, 2.05) is 46.8 Å². The summed E-state index contributed by atoms with van der Waals surface area (Å²) in [6.07, 6.45) is 2.55. The second kappa shape index (κ2) is 10.0. The molecule has 3 heterocycles. The number of thiazole rings is 1. The summed E-state index contributed by atoms with van der Waals surface area (Å²) in [6.45, 7) is 11.6. The summed E-state index contributed by atoms with van der Waals surface area (Å²) in [7, 11) is 1.61. The van der Waals surface area contributed by atoms with Gasteiger partial charge in [0.15, 0.2) is 10.9 Å². The molecule has 2 saturated heterocycles. The van der Waals surface area contributed by atoms with Crippen LogP contribution in [0.15, 0.2) is 12.1 Å². The highest BCUT2D eigenvalue weighted by Gasteiger charge is 2.44. The highest BCUT2D eigenvalue weighted by Crippen LogP contribution is 2.42.